The lowest BCUT2D eigenvalue weighted by Crippen LogP contribution is -2.08. The lowest BCUT2D eigenvalue weighted by atomic mass is 10.1. The first-order chi connectivity index (χ1) is 71.5. The standard InChI is InChI=1S/C49H31N7.C39H25N5.C37H23N7/c1-5-17-32(18-6-1)40-31-41(33-19-7-2-8-20-33)51-48(50-40)55-42-27-15-13-25-36(42)38-29-30-39-37-26-14-16-28-43(37)56(45(39)44(38)55)49-53-46(34-21-9-3-10-22-34)52-47(54-49)35-23-11-4-12-24-35;1-4-14-26(15-5-1)37-40-38(27-16-6-2-7-17-27)42-39(41-37)44-34-23-13-11-21-30(34)32-25-24-31-29-20-10-12-22-33(29)43(35(31)36(32)44)28-18-8-3-9-19-28;1-3-12-24(13-4-1)34-40-35(25-14-5-2-6-15-25)42-37(41-34)44-31-19-10-8-17-27(31)29-21-20-28-26-16-7-9-18-30(26)43(32(28)33(29)44)36-38-22-11-23-39-36/h1-31H;1-25H;1-23H. The normalized spacial score (nSPS) is 11.6. The third-order valence-electron chi connectivity index (χ3n) is 26.9. The van der Waals surface area contributed by atoms with Crippen LogP contribution in [0.25, 0.3) is 257 Å². The van der Waals surface area contributed by atoms with E-state index >= 15 is 0 Å². The van der Waals surface area contributed by atoms with Gasteiger partial charge in [-0.05, 0) is 60.7 Å². The topological polar surface area (TPSA) is 197 Å². The first-order valence-electron chi connectivity index (χ1n) is 47.8. The van der Waals surface area contributed by atoms with Crippen molar-refractivity contribution in [1.82, 2.24) is 92.2 Å². The van der Waals surface area contributed by atoms with E-state index in [0.29, 0.717) is 64.7 Å². The summed E-state index contributed by atoms with van der Waals surface area (Å²) in [6.07, 6.45) is 3.56. The van der Waals surface area contributed by atoms with Crippen molar-refractivity contribution < 1.29 is 0 Å². The van der Waals surface area contributed by atoms with Crippen LogP contribution in [0.5, 0.6) is 0 Å². The van der Waals surface area contributed by atoms with Gasteiger partial charge in [-0.25, -0.2) is 34.9 Å². The summed E-state index contributed by atoms with van der Waals surface area (Å²) in [6.45, 7) is 0. The average molecular weight is 1850 g/mol. The molecule has 19 heteroatoms. The van der Waals surface area contributed by atoms with Crippen LogP contribution in [0.1, 0.15) is 0 Å². The number of nitrogens with zero attached hydrogens (tertiary/aromatic N) is 19. The van der Waals surface area contributed by atoms with E-state index < -0.39 is 0 Å². The second kappa shape index (κ2) is 35.2. The predicted octanol–water partition coefficient (Wildman–Crippen LogP) is 29.1. The van der Waals surface area contributed by atoms with E-state index in [9.17, 15) is 0 Å². The third kappa shape index (κ3) is 14.3. The summed E-state index contributed by atoms with van der Waals surface area (Å²) < 4.78 is 13.3. The zero-order valence-electron chi connectivity index (χ0n) is 77.1. The van der Waals surface area contributed by atoms with Crippen LogP contribution in [0.3, 0.4) is 0 Å². The number of hydrogen-bond donors (Lipinski definition) is 0. The quantitative estimate of drug-likeness (QED) is 0.0998. The van der Waals surface area contributed by atoms with Gasteiger partial charge in [0.25, 0.3) is 0 Å². The Morgan fingerprint density at radius 1 is 0.132 bits per heavy atom. The summed E-state index contributed by atoms with van der Waals surface area (Å²) in [5.74, 6) is 6.52. The first-order valence-corrected chi connectivity index (χ1v) is 47.8. The molecule has 0 aliphatic carbocycles. The maximum Gasteiger partial charge on any atom is 0.238 e. The summed E-state index contributed by atoms with van der Waals surface area (Å²) in [5, 5.41) is 13.5. The van der Waals surface area contributed by atoms with Crippen molar-refractivity contribution in [3.63, 3.8) is 0 Å². The molecule has 0 radical (unpaired) electrons. The van der Waals surface area contributed by atoms with Crippen molar-refractivity contribution in [3.8, 4) is 126 Å². The number of para-hydroxylation sites is 7. The van der Waals surface area contributed by atoms with Gasteiger partial charge in [0.1, 0.15) is 0 Å². The van der Waals surface area contributed by atoms with Crippen LogP contribution in [-0.4, -0.2) is 92.2 Å². The molecule has 11 aromatic heterocycles. The predicted molar refractivity (Wildman–Crippen MR) is 580 cm³/mol. The van der Waals surface area contributed by atoms with E-state index in [2.05, 4.69) is 270 Å². The summed E-state index contributed by atoms with van der Waals surface area (Å²) >= 11 is 0. The molecule has 11 heterocycles. The molecule has 0 aliphatic heterocycles. The summed E-state index contributed by atoms with van der Waals surface area (Å²) in [4.78, 5) is 66.1. The smallest absolute Gasteiger partial charge is 0.238 e. The minimum absolute atomic E-state index is 0.525. The Balaban J connectivity index is 0.000000109. The highest BCUT2D eigenvalue weighted by Gasteiger charge is 2.30. The van der Waals surface area contributed by atoms with Gasteiger partial charge in [0.15, 0.2) is 34.9 Å². The molecule has 0 bridgehead atoms. The molecular formula is C125H79N19. The Hall–Kier alpha value is -20.1. The molecule has 0 aliphatic rings. The molecular weight excluding hydrogens is 1770 g/mol. The van der Waals surface area contributed by atoms with Gasteiger partial charge in [-0.3, -0.25) is 22.8 Å². The van der Waals surface area contributed by atoms with Crippen LogP contribution >= 0.6 is 0 Å². The molecule has 0 fully saturated rings. The van der Waals surface area contributed by atoms with E-state index in [0.717, 1.165) is 182 Å². The summed E-state index contributed by atoms with van der Waals surface area (Å²) in [7, 11) is 0. The highest BCUT2D eigenvalue weighted by Crippen LogP contribution is 2.47. The molecule has 674 valence electrons. The molecule has 19 nitrogen and oxygen atoms in total. The molecule has 0 saturated carbocycles. The SMILES string of the molecule is c1ccc(-c2cc(-c3ccccc3)nc(-n3c4ccccc4c4ccc5c6ccccc6n(-c6nc(-c7ccccc7)nc(-c7ccccc7)n6)c5c43)n2)cc1.c1ccc(-c2nc(-c3ccccc3)nc(-n3c4ccccc4c4ccc5c6ccccc6n(-c6ccccc6)c5c43)n2)cc1.c1ccc(-c2nc(-c3ccccc3)nc(-n3c4ccccc4c4ccc5c6ccccc6n(-c6ncccn6)c5c43)n2)cc1. The fraction of sp³-hybridized carbons (Fsp3) is 0. The molecule has 0 N–H and O–H groups in total. The lowest BCUT2D eigenvalue weighted by Gasteiger charge is -2.14. The van der Waals surface area contributed by atoms with E-state index in [1.165, 1.54) is 10.8 Å². The Morgan fingerprint density at radius 3 is 0.562 bits per heavy atom. The van der Waals surface area contributed by atoms with Crippen molar-refractivity contribution in [2.45, 2.75) is 0 Å². The van der Waals surface area contributed by atoms with Gasteiger partial charge >= 0.3 is 0 Å². The molecule has 0 amide bonds. The van der Waals surface area contributed by atoms with Gasteiger partial charge in [0, 0.05) is 127 Å². The molecule has 29 rings (SSSR count). The van der Waals surface area contributed by atoms with E-state index in [1.54, 1.807) is 12.4 Å². The third-order valence-corrected chi connectivity index (χ3v) is 26.9. The van der Waals surface area contributed by atoms with Crippen LogP contribution in [-0.2, 0) is 0 Å². The Labute approximate surface area is 823 Å². The van der Waals surface area contributed by atoms with E-state index in [-0.39, 0.29) is 0 Å². The zero-order chi connectivity index (χ0) is 95.1. The number of fused-ring (bicyclic) bond motifs is 21. The van der Waals surface area contributed by atoms with Crippen LogP contribution < -0.4 is 0 Å². The fourth-order valence-electron chi connectivity index (χ4n) is 20.5. The number of rotatable bonds is 14. The Bertz CT molecular complexity index is 9190. The van der Waals surface area contributed by atoms with Crippen molar-refractivity contribution in [1.29, 1.82) is 0 Å². The number of benzene rings is 18. The zero-order valence-corrected chi connectivity index (χ0v) is 77.1. The minimum atomic E-state index is 0.525. The molecule has 0 spiro atoms. The number of aromatic nitrogens is 19. The highest BCUT2D eigenvalue weighted by molar-refractivity contribution is 6.27. The van der Waals surface area contributed by atoms with Gasteiger partial charge in [-0.2, -0.15) is 29.9 Å². The second-order valence-electron chi connectivity index (χ2n) is 35.3. The van der Waals surface area contributed by atoms with Crippen LogP contribution in [0.2, 0.25) is 0 Å². The highest BCUT2D eigenvalue weighted by atomic mass is 15.3. The van der Waals surface area contributed by atoms with Crippen LogP contribution in [0.4, 0.5) is 0 Å². The molecule has 29 aromatic rings. The van der Waals surface area contributed by atoms with Crippen LogP contribution in [0.15, 0.2) is 480 Å². The van der Waals surface area contributed by atoms with Gasteiger partial charge in [0.2, 0.25) is 29.7 Å². The summed E-state index contributed by atoms with van der Waals surface area (Å²) in [6, 6.07) is 160. The Kier molecular flexibility index (Phi) is 20.4. The Morgan fingerprint density at radius 2 is 0.319 bits per heavy atom. The molecule has 0 atom stereocenters. The molecule has 18 aromatic carbocycles. The molecule has 0 saturated heterocycles. The first kappa shape index (κ1) is 83.3. The minimum Gasteiger partial charge on any atom is -0.307 e. The van der Waals surface area contributed by atoms with Crippen molar-refractivity contribution in [2.24, 2.45) is 0 Å². The lowest BCUT2D eigenvalue weighted by molar-refractivity contribution is 0.949. The van der Waals surface area contributed by atoms with Gasteiger partial charge in [-0.1, -0.05) is 406 Å². The average Bonchev–Trinajstić information content (AvgIpc) is 1.55. The van der Waals surface area contributed by atoms with Crippen molar-refractivity contribution in [3.05, 3.63) is 480 Å². The van der Waals surface area contributed by atoms with E-state index in [1.807, 2.05) is 224 Å². The largest absolute Gasteiger partial charge is 0.307 e. The monoisotopic (exact) mass is 1850 g/mol. The second-order valence-corrected chi connectivity index (χ2v) is 35.3. The maximum atomic E-state index is 5.34. The number of hydrogen-bond acceptors (Lipinski definition) is 13. The van der Waals surface area contributed by atoms with Crippen molar-refractivity contribution >= 4 is 131 Å². The van der Waals surface area contributed by atoms with Crippen LogP contribution in [0, 0.1) is 0 Å². The van der Waals surface area contributed by atoms with Gasteiger partial charge < -0.3 is 4.57 Å². The molecule has 144 heavy (non-hydrogen) atoms. The maximum absolute atomic E-state index is 5.34. The molecule has 0 unspecified atom stereocenters. The van der Waals surface area contributed by atoms with Gasteiger partial charge in [-0.15, -0.1) is 0 Å². The van der Waals surface area contributed by atoms with Gasteiger partial charge in [0.05, 0.1) is 77.6 Å². The van der Waals surface area contributed by atoms with E-state index in [4.69, 9.17) is 64.8 Å². The van der Waals surface area contributed by atoms with Crippen molar-refractivity contribution in [2.75, 3.05) is 0 Å². The fourth-order valence-corrected chi connectivity index (χ4v) is 20.5. The summed E-state index contributed by atoms with van der Waals surface area (Å²) in [5.41, 5.74) is 22.7.